The summed E-state index contributed by atoms with van der Waals surface area (Å²) in [5, 5.41) is 12.4. The molecule has 0 aliphatic heterocycles. The molecule has 0 aliphatic rings. The van der Waals surface area contributed by atoms with Crippen molar-refractivity contribution in [3.05, 3.63) is 28.2 Å². The van der Waals surface area contributed by atoms with Gasteiger partial charge in [-0.25, -0.2) is 4.79 Å². The number of ether oxygens (including phenoxy) is 1. The zero-order valence-corrected chi connectivity index (χ0v) is 13.5. The molecule has 1 aromatic rings. The van der Waals surface area contributed by atoms with Gasteiger partial charge < -0.3 is 20.9 Å². The summed E-state index contributed by atoms with van der Waals surface area (Å²) in [4.78, 5) is 11.5. The molecule has 0 fully saturated rings. The molecule has 4 N–H and O–H groups in total. The van der Waals surface area contributed by atoms with Crippen LogP contribution in [-0.4, -0.2) is 29.4 Å². The van der Waals surface area contributed by atoms with Gasteiger partial charge in [0.25, 0.3) is 0 Å². The number of phenolic OH excluding ortho intramolecular Hbond substituents is 1. The molecule has 20 heavy (non-hydrogen) atoms. The molecule has 1 atom stereocenters. The molecule has 0 saturated heterocycles. The lowest BCUT2D eigenvalue weighted by Crippen LogP contribution is -2.41. The molecule has 0 saturated carbocycles. The first-order chi connectivity index (χ1) is 9.17. The van der Waals surface area contributed by atoms with Crippen molar-refractivity contribution in [2.75, 3.05) is 6.54 Å². The van der Waals surface area contributed by atoms with E-state index in [2.05, 4.69) is 21.2 Å². The lowest BCUT2D eigenvalue weighted by molar-refractivity contribution is 0.0524. The number of alkyl carbamates (subject to hydrolysis) is 1. The van der Waals surface area contributed by atoms with Crippen molar-refractivity contribution in [1.29, 1.82) is 0 Å². The van der Waals surface area contributed by atoms with Crippen molar-refractivity contribution in [2.45, 2.75) is 38.8 Å². The highest BCUT2D eigenvalue weighted by molar-refractivity contribution is 9.10. The molecule has 0 aliphatic carbocycles. The molecule has 0 radical (unpaired) electrons. The molecule has 112 valence electrons. The van der Waals surface area contributed by atoms with Crippen LogP contribution >= 0.6 is 15.9 Å². The van der Waals surface area contributed by atoms with Crippen molar-refractivity contribution in [2.24, 2.45) is 5.73 Å². The monoisotopic (exact) mass is 344 g/mol. The van der Waals surface area contributed by atoms with Crippen molar-refractivity contribution >= 4 is 22.0 Å². The fraction of sp³-hybridized carbons (Fsp3) is 0.500. The average Bonchev–Trinajstić information content (AvgIpc) is 2.28. The second kappa shape index (κ2) is 6.95. The Balaban J connectivity index is 2.44. The first-order valence-electron chi connectivity index (χ1n) is 6.37. The van der Waals surface area contributed by atoms with Crippen molar-refractivity contribution in [3.8, 4) is 5.75 Å². The van der Waals surface area contributed by atoms with E-state index in [9.17, 15) is 9.90 Å². The minimum absolute atomic E-state index is 0.187. The maximum absolute atomic E-state index is 11.5. The van der Waals surface area contributed by atoms with E-state index < -0.39 is 11.7 Å². The molecule has 1 unspecified atom stereocenters. The number of nitrogens with two attached hydrogens (primary N) is 1. The summed E-state index contributed by atoms with van der Waals surface area (Å²) in [6, 6.07) is 4.95. The number of hydrogen-bond acceptors (Lipinski definition) is 4. The summed E-state index contributed by atoms with van der Waals surface area (Å²) in [7, 11) is 0. The number of hydrogen-bond donors (Lipinski definition) is 3. The third kappa shape index (κ3) is 6.25. The Labute approximate surface area is 127 Å². The predicted octanol–water partition coefficient (Wildman–Crippen LogP) is 2.55. The van der Waals surface area contributed by atoms with Gasteiger partial charge in [-0.1, -0.05) is 22.0 Å². The van der Waals surface area contributed by atoms with Crippen LogP contribution in [0.3, 0.4) is 0 Å². The quantitative estimate of drug-likeness (QED) is 0.783. The van der Waals surface area contributed by atoms with E-state index in [4.69, 9.17) is 10.5 Å². The van der Waals surface area contributed by atoms with Gasteiger partial charge in [0.2, 0.25) is 0 Å². The predicted molar refractivity (Wildman–Crippen MR) is 81.7 cm³/mol. The first-order valence-corrected chi connectivity index (χ1v) is 7.16. The lowest BCUT2D eigenvalue weighted by atomic mass is 10.1. The Kier molecular flexibility index (Phi) is 5.83. The maximum atomic E-state index is 11.5. The fourth-order valence-corrected chi connectivity index (χ4v) is 1.94. The number of carbonyl (C=O) groups is 1. The molecule has 5 nitrogen and oxygen atoms in total. The average molecular weight is 345 g/mol. The summed E-state index contributed by atoms with van der Waals surface area (Å²) in [6.07, 6.45) is -0.0254. The number of nitrogens with one attached hydrogen (secondary N) is 1. The minimum atomic E-state index is -0.530. The highest BCUT2D eigenvalue weighted by atomic mass is 79.9. The molecule has 0 bridgehead atoms. The van der Waals surface area contributed by atoms with Crippen LogP contribution in [0.5, 0.6) is 5.75 Å². The number of aromatic hydroxyl groups is 1. The maximum Gasteiger partial charge on any atom is 0.407 e. The number of rotatable bonds is 4. The molecule has 0 heterocycles. The summed E-state index contributed by atoms with van der Waals surface area (Å²) in [5.41, 5.74) is 6.14. The van der Waals surface area contributed by atoms with E-state index in [1.165, 1.54) is 0 Å². The fourth-order valence-electron chi connectivity index (χ4n) is 1.59. The van der Waals surface area contributed by atoms with Crippen LogP contribution in [0.4, 0.5) is 4.79 Å². The van der Waals surface area contributed by atoms with Crippen LogP contribution in [0.1, 0.15) is 26.3 Å². The van der Waals surface area contributed by atoms with E-state index in [-0.39, 0.29) is 18.3 Å². The molecule has 1 rings (SSSR count). The van der Waals surface area contributed by atoms with Crippen molar-refractivity contribution in [3.63, 3.8) is 0 Å². The lowest BCUT2D eigenvalue weighted by Gasteiger charge is -2.21. The van der Waals surface area contributed by atoms with Crippen LogP contribution < -0.4 is 11.1 Å². The zero-order chi connectivity index (χ0) is 15.3. The number of phenols is 1. The van der Waals surface area contributed by atoms with E-state index >= 15 is 0 Å². The highest BCUT2D eigenvalue weighted by Gasteiger charge is 2.17. The summed E-state index contributed by atoms with van der Waals surface area (Å²) in [6.45, 7) is 5.68. The van der Waals surface area contributed by atoms with Gasteiger partial charge in [0.1, 0.15) is 11.4 Å². The normalized spacial score (nSPS) is 12.8. The van der Waals surface area contributed by atoms with E-state index in [0.29, 0.717) is 6.42 Å². The SMILES string of the molecule is CC(C)(C)OC(=O)NCC(N)Cc1ccc(Br)cc1O. The minimum Gasteiger partial charge on any atom is -0.508 e. The molecule has 0 spiro atoms. The number of amides is 1. The number of benzene rings is 1. The van der Waals surface area contributed by atoms with Gasteiger partial charge in [0.05, 0.1) is 0 Å². The van der Waals surface area contributed by atoms with Crippen molar-refractivity contribution < 1.29 is 14.6 Å². The topological polar surface area (TPSA) is 84.6 Å². The van der Waals surface area contributed by atoms with Crippen LogP contribution in [0.2, 0.25) is 0 Å². The van der Waals surface area contributed by atoms with Crippen molar-refractivity contribution in [1.82, 2.24) is 5.32 Å². The van der Waals surface area contributed by atoms with Gasteiger partial charge >= 0.3 is 6.09 Å². The molecule has 1 amide bonds. The highest BCUT2D eigenvalue weighted by Crippen LogP contribution is 2.23. The van der Waals surface area contributed by atoms with Crippen LogP contribution in [-0.2, 0) is 11.2 Å². The largest absolute Gasteiger partial charge is 0.508 e. The Morgan fingerprint density at radius 1 is 1.50 bits per heavy atom. The molecular formula is C14H21BrN2O3. The Morgan fingerprint density at radius 3 is 2.70 bits per heavy atom. The van der Waals surface area contributed by atoms with Gasteiger partial charge in [-0.15, -0.1) is 0 Å². The standard InChI is InChI=1S/C14H21BrN2O3/c1-14(2,3)20-13(19)17-8-11(16)6-9-4-5-10(15)7-12(9)18/h4-5,7,11,18H,6,8,16H2,1-3H3,(H,17,19). The van der Waals surface area contributed by atoms with Gasteiger partial charge in [-0.05, 0) is 44.9 Å². The van der Waals surface area contributed by atoms with E-state index in [1.54, 1.807) is 32.9 Å². The van der Waals surface area contributed by atoms with Gasteiger partial charge in [0, 0.05) is 17.1 Å². The third-order valence-electron chi connectivity index (χ3n) is 2.44. The Hall–Kier alpha value is -1.27. The Bertz CT molecular complexity index is 472. The number of halogens is 1. The van der Waals surface area contributed by atoms with Gasteiger partial charge in [-0.2, -0.15) is 0 Å². The van der Waals surface area contributed by atoms with Crippen LogP contribution in [0.25, 0.3) is 0 Å². The molecule has 1 aromatic carbocycles. The smallest absolute Gasteiger partial charge is 0.407 e. The number of carbonyl (C=O) groups excluding carboxylic acids is 1. The second-order valence-corrected chi connectivity index (χ2v) is 6.54. The van der Waals surface area contributed by atoms with E-state index in [1.807, 2.05) is 6.07 Å². The van der Waals surface area contributed by atoms with Gasteiger partial charge in [0.15, 0.2) is 0 Å². The second-order valence-electron chi connectivity index (χ2n) is 5.62. The van der Waals surface area contributed by atoms with E-state index in [0.717, 1.165) is 10.0 Å². The van der Waals surface area contributed by atoms with Gasteiger partial charge in [-0.3, -0.25) is 0 Å². The first kappa shape index (κ1) is 16.8. The summed E-state index contributed by atoms with van der Waals surface area (Å²) in [5.74, 6) is 0.187. The molecule has 0 aromatic heterocycles. The summed E-state index contributed by atoms with van der Waals surface area (Å²) < 4.78 is 5.92. The zero-order valence-electron chi connectivity index (χ0n) is 11.9. The Morgan fingerprint density at radius 2 is 2.15 bits per heavy atom. The third-order valence-corrected chi connectivity index (χ3v) is 2.93. The molecular weight excluding hydrogens is 324 g/mol. The summed E-state index contributed by atoms with van der Waals surface area (Å²) >= 11 is 3.28. The van der Waals surface area contributed by atoms with Crippen LogP contribution in [0.15, 0.2) is 22.7 Å². The van der Waals surface area contributed by atoms with Crippen LogP contribution in [0, 0.1) is 0 Å². The molecule has 6 heteroatoms.